The minimum atomic E-state index is -0.418. The van der Waals surface area contributed by atoms with Gasteiger partial charge in [0.1, 0.15) is 0 Å². The molecule has 0 radical (unpaired) electrons. The standard InChI is InChI=1S/C22H23N3O4/c1-29-19(26)16-7-9-17(10-8-16)23-21(28)24-13-11-22(12-14-24)15-25(20(22)27)18-5-3-2-4-6-18/h2-10H,11-15H2,1H3,(H,23,28). The third-order valence-electron chi connectivity index (χ3n) is 5.79. The second-order valence-electron chi connectivity index (χ2n) is 7.49. The lowest BCUT2D eigenvalue weighted by Crippen LogP contribution is -2.65. The Morgan fingerprint density at radius 3 is 2.24 bits per heavy atom. The van der Waals surface area contributed by atoms with Crippen molar-refractivity contribution in [2.24, 2.45) is 5.41 Å². The van der Waals surface area contributed by atoms with Crippen molar-refractivity contribution in [3.63, 3.8) is 0 Å². The monoisotopic (exact) mass is 393 g/mol. The number of piperidine rings is 1. The zero-order chi connectivity index (χ0) is 20.4. The lowest BCUT2D eigenvalue weighted by molar-refractivity contribution is -0.138. The molecular weight excluding hydrogens is 370 g/mol. The van der Waals surface area contributed by atoms with Gasteiger partial charge < -0.3 is 19.9 Å². The molecule has 2 aromatic carbocycles. The van der Waals surface area contributed by atoms with Crippen LogP contribution in [0.2, 0.25) is 0 Å². The molecule has 0 unspecified atom stereocenters. The average molecular weight is 393 g/mol. The number of carbonyl (C=O) groups is 3. The fourth-order valence-corrected chi connectivity index (χ4v) is 3.97. The summed E-state index contributed by atoms with van der Waals surface area (Å²) in [4.78, 5) is 40.4. The Morgan fingerprint density at radius 1 is 1.00 bits per heavy atom. The van der Waals surface area contributed by atoms with Gasteiger partial charge in [-0.05, 0) is 49.2 Å². The maximum Gasteiger partial charge on any atom is 0.337 e. The van der Waals surface area contributed by atoms with Crippen molar-refractivity contribution in [2.75, 3.05) is 37.0 Å². The van der Waals surface area contributed by atoms with Crippen LogP contribution in [-0.4, -0.2) is 49.6 Å². The third-order valence-corrected chi connectivity index (χ3v) is 5.79. The average Bonchev–Trinajstić information content (AvgIpc) is 2.78. The van der Waals surface area contributed by atoms with E-state index in [4.69, 9.17) is 0 Å². The largest absolute Gasteiger partial charge is 0.465 e. The van der Waals surface area contributed by atoms with Gasteiger partial charge in [0.25, 0.3) is 0 Å². The molecule has 1 N–H and O–H groups in total. The summed E-state index contributed by atoms with van der Waals surface area (Å²) >= 11 is 0. The fourth-order valence-electron chi connectivity index (χ4n) is 3.97. The second-order valence-corrected chi connectivity index (χ2v) is 7.49. The molecule has 2 heterocycles. The van der Waals surface area contributed by atoms with E-state index < -0.39 is 5.97 Å². The highest BCUT2D eigenvalue weighted by Gasteiger charge is 2.53. The molecule has 29 heavy (non-hydrogen) atoms. The number of β-lactam (4-membered cyclic amide) rings is 1. The van der Waals surface area contributed by atoms with Crippen molar-refractivity contribution < 1.29 is 19.1 Å². The van der Waals surface area contributed by atoms with Crippen LogP contribution in [0.1, 0.15) is 23.2 Å². The molecule has 0 bridgehead atoms. The van der Waals surface area contributed by atoms with Crippen LogP contribution >= 0.6 is 0 Å². The van der Waals surface area contributed by atoms with E-state index in [1.54, 1.807) is 29.2 Å². The van der Waals surface area contributed by atoms with Crippen LogP contribution in [0.15, 0.2) is 54.6 Å². The second kappa shape index (κ2) is 7.58. The van der Waals surface area contributed by atoms with Crippen LogP contribution in [0.5, 0.6) is 0 Å². The zero-order valence-electron chi connectivity index (χ0n) is 16.3. The summed E-state index contributed by atoms with van der Waals surface area (Å²) in [5, 5.41) is 2.84. The van der Waals surface area contributed by atoms with E-state index in [0.717, 1.165) is 5.69 Å². The van der Waals surface area contributed by atoms with Crippen molar-refractivity contribution in [3.8, 4) is 0 Å². The number of methoxy groups -OCH3 is 1. The third kappa shape index (κ3) is 3.55. The first-order chi connectivity index (χ1) is 14.0. The predicted octanol–water partition coefficient (Wildman–Crippen LogP) is 3.13. The van der Waals surface area contributed by atoms with Crippen molar-refractivity contribution >= 4 is 29.3 Å². The van der Waals surface area contributed by atoms with Crippen LogP contribution in [0, 0.1) is 5.41 Å². The van der Waals surface area contributed by atoms with Crippen molar-refractivity contribution in [2.45, 2.75) is 12.8 Å². The van der Waals surface area contributed by atoms with Crippen molar-refractivity contribution in [1.29, 1.82) is 0 Å². The summed E-state index contributed by atoms with van der Waals surface area (Å²) in [6.45, 7) is 1.79. The smallest absolute Gasteiger partial charge is 0.337 e. The van der Waals surface area contributed by atoms with E-state index >= 15 is 0 Å². The van der Waals surface area contributed by atoms with Gasteiger partial charge in [0.15, 0.2) is 0 Å². The van der Waals surface area contributed by atoms with Gasteiger partial charge in [-0.25, -0.2) is 9.59 Å². The summed E-state index contributed by atoms with van der Waals surface area (Å²) in [5.41, 5.74) is 1.63. The number of para-hydroxylation sites is 1. The predicted molar refractivity (Wildman–Crippen MR) is 109 cm³/mol. The van der Waals surface area contributed by atoms with E-state index in [0.29, 0.717) is 43.7 Å². The highest BCUT2D eigenvalue weighted by atomic mass is 16.5. The lowest BCUT2D eigenvalue weighted by atomic mass is 9.71. The number of amides is 3. The van der Waals surface area contributed by atoms with Gasteiger partial charge in [0, 0.05) is 31.0 Å². The van der Waals surface area contributed by atoms with Crippen LogP contribution in [0.4, 0.5) is 16.2 Å². The lowest BCUT2D eigenvalue weighted by Gasteiger charge is -2.52. The minimum absolute atomic E-state index is 0.155. The minimum Gasteiger partial charge on any atom is -0.465 e. The van der Waals surface area contributed by atoms with Crippen molar-refractivity contribution in [1.82, 2.24) is 4.90 Å². The summed E-state index contributed by atoms with van der Waals surface area (Å²) < 4.78 is 4.67. The maximum absolute atomic E-state index is 12.8. The Hall–Kier alpha value is -3.35. The zero-order valence-corrected chi connectivity index (χ0v) is 16.3. The Bertz CT molecular complexity index is 919. The Balaban J connectivity index is 1.31. The molecule has 7 nitrogen and oxygen atoms in total. The normalized spacial score (nSPS) is 17.6. The molecule has 0 aromatic heterocycles. The van der Waals surface area contributed by atoms with Crippen LogP contribution in [-0.2, 0) is 9.53 Å². The number of hydrogen-bond acceptors (Lipinski definition) is 4. The number of esters is 1. The first-order valence-corrected chi connectivity index (χ1v) is 9.64. The topological polar surface area (TPSA) is 79.0 Å². The highest BCUT2D eigenvalue weighted by molar-refractivity contribution is 6.04. The summed E-state index contributed by atoms with van der Waals surface area (Å²) in [6, 6.07) is 16.0. The van der Waals surface area contributed by atoms with Crippen LogP contribution < -0.4 is 10.2 Å². The molecule has 2 saturated heterocycles. The molecule has 150 valence electrons. The van der Waals surface area contributed by atoms with Gasteiger partial charge in [0.2, 0.25) is 5.91 Å². The molecule has 1 spiro atoms. The number of hydrogen-bond donors (Lipinski definition) is 1. The number of likely N-dealkylation sites (tertiary alicyclic amines) is 1. The van der Waals surface area contributed by atoms with Gasteiger partial charge in [0.05, 0.1) is 18.1 Å². The fraction of sp³-hybridized carbons (Fsp3) is 0.318. The molecular formula is C22H23N3O4. The molecule has 4 rings (SSSR count). The molecule has 2 aromatic rings. The Labute approximate surface area is 169 Å². The van der Waals surface area contributed by atoms with Gasteiger partial charge in [-0.15, -0.1) is 0 Å². The van der Waals surface area contributed by atoms with Crippen LogP contribution in [0.25, 0.3) is 0 Å². The number of rotatable bonds is 3. The number of benzene rings is 2. The van der Waals surface area contributed by atoms with E-state index in [-0.39, 0.29) is 17.4 Å². The Kier molecular flexibility index (Phi) is 4.96. The number of ether oxygens (including phenoxy) is 1. The SMILES string of the molecule is COC(=O)c1ccc(NC(=O)N2CCC3(CC2)CN(c2ccccc2)C3=O)cc1. The van der Waals surface area contributed by atoms with Crippen LogP contribution in [0.3, 0.4) is 0 Å². The molecule has 3 amide bonds. The molecule has 7 heteroatoms. The molecule has 2 aliphatic heterocycles. The molecule has 2 aliphatic rings. The number of urea groups is 1. The summed E-state index contributed by atoms with van der Waals surface area (Å²) in [7, 11) is 1.33. The summed E-state index contributed by atoms with van der Waals surface area (Å²) in [5.74, 6) is -0.263. The van der Waals surface area contributed by atoms with E-state index in [1.807, 2.05) is 35.2 Å². The first kappa shape index (κ1) is 19.0. The molecule has 0 atom stereocenters. The first-order valence-electron chi connectivity index (χ1n) is 9.64. The van der Waals surface area contributed by atoms with Gasteiger partial charge in [-0.2, -0.15) is 0 Å². The van der Waals surface area contributed by atoms with Gasteiger partial charge in [-0.3, -0.25) is 4.79 Å². The summed E-state index contributed by atoms with van der Waals surface area (Å²) in [6.07, 6.45) is 1.34. The quantitative estimate of drug-likeness (QED) is 0.642. The number of nitrogens with one attached hydrogen (secondary N) is 1. The molecule has 0 aliphatic carbocycles. The molecule has 2 fully saturated rings. The highest BCUT2D eigenvalue weighted by Crippen LogP contribution is 2.43. The van der Waals surface area contributed by atoms with E-state index in [2.05, 4.69) is 10.1 Å². The van der Waals surface area contributed by atoms with Gasteiger partial charge >= 0.3 is 12.0 Å². The Morgan fingerprint density at radius 2 is 1.66 bits per heavy atom. The number of carbonyl (C=O) groups excluding carboxylic acids is 3. The molecule has 0 saturated carbocycles. The van der Waals surface area contributed by atoms with Gasteiger partial charge in [-0.1, -0.05) is 18.2 Å². The van der Waals surface area contributed by atoms with E-state index in [1.165, 1.54) is 7.11 Å². The number of anilines is 2. The number of nitrogens with zero attached hydrogens (tertiary/aromatic N) is 2. The van der Waals surface area contributed by atoms with E-state index in [9.17, 15) is 14.4 Å². The maximum atomic E-state index is 12.8. The van der Waals surface area contributed by atoms with Crippen molar-refractivity contribution in [3.05, 3.63) is 60.2 Å².